The maximum absolute atomic E-state index is 13.2. The second-order valence-corrected chi connectivity index (χ2v) is 6.54. The Labute approximate surface area is 162 Å². The lowest BCUT2D eigenvalue weighted by Gasteiger charge is -2.18. The van der Waals surface area contributed by atoms with Crippen molar-refractivity contribution in [1.29, 1.82) is 0 Å². The first-order chi connectivity index (χ1) is 13.4. The van der Waals surface area contributed by atoms with Crippen LogP contribution < -0.4 is 10.1 Å². The number of hydrogen-bond acceptors (Lipinski definition) is 4. The van der Waals surface area contributed by atoms with Gasteiger partial charge < -0.3 is 19.5 Å². The zero-order valence-electron chi connectivity index (χ0n) is 16.0. The molecule has 0 spiro atoms. The van der Waals surface area contributed by atoms with Crippen LogP contribution in [0.3, 0.4) is 0 Å². The lowest BCUT2D eigenvalue weighted by atomic mass is 10.2. The van der Waals surface area contributed by atoms with Gasteiger partial charge in [0.2, 0.25) is 0 Å². The van der Waals surface area contributed by atoms with Crippen LogP contribution in [-0.4, -0.2) is 23.1 Å². The Hall–Kier alpha value is -3.35. The Bertz CT molecular complexity index is 952. The lowest BCUT2D eigenvalue weighted by molar-refractivity contribution is 0.220. The molecule has 1 aromatic heterocycles. The highest BCUT2D eigenvalue weighted by Crippen LogP contribution is 2.20. The molecule has 0 unspecified atom stereocenters. The Morgan fingerprint density at radius 1 is 1.21 bits per heavy atom. The summed E-state index contributed by atoms with van der Waals surface area (Å²) in [7, 11) is 1.70. The van der Waals surface area contributed by atoms with E-state index in [-0.39, 0.29) is 18.5 Å². The topological polar surface area (TPSA) is 67.6 Å². The fourth-order valence-corrected chi connectivity index (χ4v) is 2.71. The first-order valence-corrected chi connectivity index (χ1v) is 8.83. The van der Waals surface area contributed by atoms with Crippen LogP contribution in [0.15, 0.2) is 53.1 Å². The first kappa shape index (κ1) is 19.4. The molecule has 0 fully saturated rings. The number of ether oxygens (including phenoxy) is 1. The van der Waals surface area contributed by atoms with E-state index in [2.05, 4.69) is 10.5 Å². The minimum Gasteiger partial charge on any atom is -0.489 e. The van der Waals surface area contributed by atoms with Gasteiger partial charge in [-0.3, -0.25) is 0 Å². The van der Waals surface area contributed by atoms with E-state index in [1.165, 1.54) is 12.1 Å². The summed E-state index contributed by atoms with van der Waals surface area (Å²) in [6.45, 7) is 4.29. The molecule has 1 N–H and O–H groups in total. The third kappa shape index (κ3) is 4.88. The van der Waals surface area contributed by atoms with E-state index in [9.17, 15) is 9.18 Å². The molecule has 28 heavy (non-hydrogen) atoms. The van der Waals surface area contributed by atoms with Gasteiger partial charge in [0.1, 0.15) is 23.9 Å². The summed E-state index contributed by atoms with van der Waals surface area (Å²) in [5, 5.41) is 6.74. The van der Waals surface area contributed by atoms with E-state index in [4.69, 9.17) is 9.26 Å². The zero-order valence-corrected chi connectivity index (χ0v) is 16.0. The number of hydrogen-bond donors (Lipinski definition) is 1. The average molecular weight is 383 g/mol. The van der Waals surface area contributed by atoms with Crippen LogP contribution in [0, 0.1) is 19.7 Å². The third-order valence-corrected chi connectivity index (χ3v) is 4.30. The van der Waals surface area contributed by atoms with E-state index < -0.39 is 0 Å². The summed E-state index contributed by atoms with van der Waals surface area (Å²) in [6, 6.07) is 13.0. The lowest BCUT2D eigenvalue weighted by Crippen LogP contribution is -2.31. The van der Waals surface area contributed by atoms with Crippen LogP contribution in [0.25, 0.3) is 0 Å². The van der Waals surface area contributed by atoms with Crippen molar-refractivity contribution in [3.8, 4) is 5.75 Å². The third-order valence-electron chi connectivity index (χ3n) is 4.30. The van der Waals surface area contributed by atoms with E-state index in [0.29, 0.717) is 23.7 Å². The molecule has 0 aliphatic carbocycles. The second kappa shape index (κ2) is 8.56. The number of nitrogens with one attached hydrogen (secondary N) is 1. The van der Waals surface area contributed by atoms with Gasteiger partial charge in [0.25, 0.3) is 0 Å². The van der Waals surface area contributed by atoms with E-state index in [0.717, 1.165) is 16.8 Å². The summed E-state index contributed by atoms with van der Waals surface area (Å²) in [6.07, 6.45) is 0. The van der Waals surface area contributed by atoms with Gasteiger partial charge in [-0.2, -0.15) is 0 Å². The highest BCUT2D eigenvalue weighted by molar-refractivity contribution is 5.89. The molecule has 146 valence electrons. The van der Waals surface area contributed by atoms with Crippen molar-refractivity contribution in [3.05, 3.63) is 76.9 Å². The zero-order chi connectivity index (χ0) is 20.1. The van der Waals surface area contributed by atoms with Gasteiger partial charge in [-0.25, -0.2) is 9.18 Å². The Morgan fingerprint density at radius 2 is 2.00 bits per heavy atom. The highest BCUT2D eigenvalue weighted by atomic mass is 19.1. The molecule has 1 heterocycles. The molecule has 0 radical (unpaired) electrons. The molecule has 0 saturated carbocycles. The number of rotatable bonds is 6. The van der Waals surface area contributed by atoms with Gasteiger partial charge in [0, 0.05) is 24.4 Å². The number of carbonyl (C=O) groups is 1. The molecule has 7 heteroatoms. The predicted octanol–water partition coefficient (Wildman–Crippen LogP) is 4.67. The molecule has 6 nitrogen and oxygen atoms in total. The van der Waals surface area contributed by atoms with E-state index in [1.807, 2.05) is 13.8 Å². The number of aromatic nitrogens is 1. The van der Waals surface area contributed by atoms with Crippen LogP contribution in [0.4, 0.5) is 14.9 Å². The van der Waals surface area contributed by atoms with Gasteiger partial charge in [0.15, 0.2) is 0 Å². The molecule has 3 rings (SSSR count). The summed E-state index contributed by atoms with van der Waals surface area (Å²) < 4.78 is 24.1. The van der Waals surface area contributed by atoms with Gasteiger partial charge in [-0.15, -0.1) is 0 Å². The Kier molecular flexibility index (Phi) is 5.93. The number of halogens is 1. The van der Waals surface area contributed by atoms with Crippen LogP contribution in [0.2, 0.25) is 0 Å². The van der Waals surface area contributed by atoms with Crippen molar-refractivity contribution < 1.29 is 18.4 Å². The monoisotopic (exact) mass is 383 g/mol. The molecular weight excluding hydrogens is 361 g/mol. The van der Waals surface area contributed by atoms with Crippen molar-refractivity contribution in [1.82, 2.24) is 10.1 Å². The molecule has 0 saturated heterocycles. The largest absolute Gasteiger partial charge is 0.489 e. The Morgan fingerprint density at radius 3 is 2.71 bits per heavy atom. The summed E-state index contributed by atoms with van der Waals surface area (Å²) in [4.78, 5) is 14.0. The van der Waals surface area contributed by atoms with Crippen LogP contribution in [-0.2, 0) is 13.2 Å². The number of amides is 2. The van der Waals surface area contributed by atoms with E-state index >= 15 is 0 Å². The minimum absolute atomic E-state index is 0.237. The average Bonchev–Trinajstić information content (AvgIpc) is 2.98. The fraction of sp³-hybridized carbons (Fsp3) is 0.238. The van der Waals surface area contributed by atoms with Gasteiger partial charge >= 0.3 is 6.03 Å². The summed E-state index contributed by atoms with van der Waals surface area (Å²) >= 11 is 0. The molecule has 3 aromatic rings. The van der Waals surface area contributed by atoms with Crippen molar-refractivity contribution in [2.24, 2.45) is 0 Å². The van der Waals surface area contributed by atoms with Gasteiger partial charge in [-0.1, -0.05) is 23.4 Å². The van der Waals surface area contributed by atoms with Crippen molar-refractivity contribution in [2.45, 2.75) is 27.0 Å². The van der Waals surface area contributed by atoms with Crippen molar-refractivity contribution >= 4 is 11.7 Å². The number of anilines is 1. The second-order valence-electron chi connectivity index (χ2n) is 6.54. The maximum Gasteiger partial charge on any atom is 0.321 e. The highest BCUT2D eigenvalue weighted by Gasteiger charge is 2.15. The summed E-state index contributed by atoms with van der Waals surface area (Å²) in [5.74, 6) is 0.976. The van der Waals surface area contributed by atoms with Crippen LogP contribution >= 0.6 is 0 Å². The quantitative estimate of drug-likeness (QED) is 0.671. The first-order valence-electron chi connectivity index (χ1n) is 8.83. The van der Waals surface area contributed by atoms with Crippen LogP contribution in [0.1, 0.15) is 22.6 Å². The van der Waals surface area contributed by atoms with Gasteiger partial charge in [0.05, 0.1) is 12.2 Å². The summed E-state index contributed by atoms with van der Waals surface area (Å²) in [5.41, 5.74) is 3.00. The van der Waals surface area contributed by atoms with Crippen molar-refractivity contribution in [2.75, 3.05) is 12.4 Å². The molecular formula is C21H22FN3O3. The molecule has 0 atom stereocenters. The van der Waals surface area contributed by atoms with Crippen LogP contribution in [0.5, 0.6) is 5.75 Å². The Balaban J connectivity index is 1.59. The van der Waals surface area contributed by atoms with Gasteiger partial charge in [-0.05, 0) is 43.7 Å². The number of aryl methyl sites for hydroxylation is 2. The van der Waals surface area contributed by atoms with E-state index in [1.54, 1.807) is 48.3 Å². The smallest absolute Gasteiger partial charge is 0.321 e. The normalized spacial score (nSPS) is 10.6. The predicted molar refractivity (Wildman–Crippen MR) is 104 cm³/mol. The molecule has 0 aliphatic heterocycles. The number of benzene rings is 2. The molecule has 0 bridgehead atoms. The molecule has 2 aromatic carbocycles. The molecule has 2 amide bonds. The minimum atomic E-state index is -0.302. The fourth-order valence-electron chi connectivity index (χ4n) is 2.71. The maximum atomic E-state index is 13.2. The number of urea groups is 1. The standard InChI is InChI=1S/C21H22FN3O3/c1-14-20(15(2)28-24-14)12-25(3)21(26)23-18-8-5-9-19(11-18)27-13-16-6-4-7-17(22)10-16/h4-11H,12-13H2,1-3H3,(H,23,26). The molecule has 0 aliphatic rings. The van der Waals surface area contributed by atoms with Crippen molar-refractivity contribution in [3.63, 3.8) is 0 Å². The number of carbonyl (C=O) groups excluding carboxylic acids is 1. The number of nitrogens with zero attached hydrogens (tertiary/aromatic N) is 2. The SMILES string of the molecule is Cc1noc(C)c1CN(C)C(=O)Nc1cccc(OCc2cccc(F)c2)c1.